The van der Waals surface area contributed by atoms with Gasteiger partial charge in [0.2, 0.25) is 5.91 Å². The molecule has 0 aliphatic heterocycles. The lowest BCUT2D eigenvalue weighted by Crippen LogP contribution is -2.26. The molecule has 0 radical (unpaired) electrons. The van der Waals surface area contributed by atoms with Crippen molar-refractivity contribution in [2.24, 2.45) is 11.7 Å². The summed E-state index contributed by atoms with van der Waals surface area (Å²) >= 11 is 0. The third kappa shape index (κ3) is 6.49. The first-order valence-electron chi connectivity index (χ1n) is 8.60. The molecule has 1 aliphatic rings. The van der Waals surface area contributed by atoms with Crippen molar-refractivity contribution in [1.82, 2.24) is 5.32 Å². The van der Waals surface area contributed by atoms with Crippen molar-refractivity contribution in [3.05, 3.63) is 29.8 Å². The van der Waals surface area contributed by atoms with E-state index in [4.69, 9.17) is 5.73 Å². The molecule has 0 saturated heterocycles. The van der Waals surface area contributed by atoms with Gasteiger partial charge in [-0.25, -0.2) is 0 Å². The zero-order valence-electron chi connectivity index (χ0n) is 14.1. The highest BCUT2D eigenvalue weighted by molar-refractivity contribution is 5.97. The quantitative estimate of drug-likeness (QED) is 0.658. The maximum Gasteiger partial charge on any atom is 0.251 e. The Morgan fingerprint density at radius 1 is 1.12 bits per heavy atom. The lowest BCUT2D eigenvalue weighted by atomic mass is 9.88. The molecule has 1 aromatic carbocycles. The Bertz CT molecular complexity index is 531. The molecule has 0 heterocycles. The molecule has 4 N–H and O–H groups in total. The second-order valence-corrected chi connectivity index (χ2v) is 6.16. The van der Waals surface area contributed by atoms with Crippen molar-refractivity contribution in [3.8, 4) is 0 Å². The van der Waals surface area contributed by atoms with Crippen LogP contribution >= 0.6 is 12.4 Å². The zero-order chi connectivity index (χ0) is 16.5. The Kier molecular flexibility index (Phi) is 9.42. The molecular formula is C18H28ClN3O2. The van der Waals surface area contributed by atoms with Gasteiger partial charge in [0.1, 0.15) is 0 Å². The van der Waals surface area contributed by atoms with Crippen LogP contribution in [0.4, 0.5) is 5.69 Å². The lowest BCUT2D eigenvalue weighted by Gasteiger charge is -2.20. The number of carbonyl (C=O) groups excluding carboxylic acids is 2. The molecule has 2 rings (SSSR count). The van der Waals surface area contributed by atoms with Crippen molar-refractivity contribution < 1.29 is 9.59 Å². The number of halogens is 1. The highest BCUT2D eigenvalue weighted by Crippen LogP contribution is 2.25. The van der Waals surface area contributed by atoms with Crippen LogP contribution in [0.2, 0.25) is 0 Å². The number of anilines is 1. The smallest absolute Gasteiger partial charge is 0.251 e. The summed E-state index contributed by atoms with van der Waals surface area (Å²) in [6.07, 6.45) is 7.19. The van der Waals surface area contributed by atoms with Gasteiger partial charge in [0.05, 0.1) is 0 Å². The number of amides is 2. The maximum atomic E-state index is 12.3. The van der Waals surface area contributed by atoms with Crippen LogP contribution in [0.25, 0.3) is 0 Å². The first-order chi connectivity index (χ1) is 11.2. The summed E-state index contributed by atoms with van der Waals surface area (Å²) in [4.78, 5) is 24.4. The van der Waals surface area contributed by atoms with E-state index in [0.29, 0.717) is 24.3 Å². The summed E-state index contributed by atoms with van der Waals surface area (Å²) in [5.74, 6) is 0.0680. The van der Waals surface area contributed by atoms with Crippen LogP contribution in [-0.4, -0.2) is 24.9 Å². The third-order valence-corrected chi connectivity index (χ3v) is 4.28. The van der Waals surface area contributed by atoms with Crippen LogP contribution in [0, 0.1) is 5.92 Å². The molecule has 6 heteroatoms. The zero-order valence-corrected chi connectivity index (χ0v) is 14.9. The number of unbranched alkanes of at least 4 members (excludes halogenated alkanes) is 1. The lowest BCUT2D eigenvalue weighted by molar-refractivity contribution is -0.120. The van der Waals surface area contributed by atoms with Crippen LogP contribution in [-0.2, 0) is 4.79 Å². The van der Waals surface area contributed by atoms with Gasteiger partial charge in [-0.15, -0.1) is 12.4 Å². The minimum Gasteiger partial charge on any atom is -0.352 e. The van der Waals surface area contributed by atoms with E-state index in [-0.39, 0.29) is 30.1 Å². The maximum absolute atomic E-state index is 12.3. The summed E-state index contributed by atoms with van der Waals surface area (Å²) in [5, 5.41) is 5.82. The molecule has 0 bridgehead atoms. The summed E-state index contributed by atoms with van der Waals surface area (Å²) in [7, 11) is 0. The molecule has 134 valence electrons. The van der Waals surface area contributed by atoms with Gasteiger partial charge in [-0.3, -0.25) is 9.59 Å². The Labute approximate surface area is 150 Å². The van der Waals surface area contributed by atoms with Gasteiger partial charge < -0.3 is 16.4 Å². The molecule has 24 heavy (non-hydrogen) atoms. The predicted octanol–water partition coefficient (Wildman–Crippen LogP) is 3.10. The van der Waals surface area contributed by atoms with E-state index < -0.39 is 0 Å². The van der Waals surface area contributed by atoms with Gasteiger partial charge in [0.15, 0.2) is 0 Å². The molecule has 2 amide bonds. The monoisotopic (exact) mass is 353 g/mol. The number of hydrogen-bond donors (Lipinski definition) is 3. The molecule has 1 aliphatic carbocycles. The van der Waals surface area contributed by atoms with Crippen LogP contribution < -0.4 is 16.4 Å². The first-order valence-corrected chi connectivity index (χ1v) is 8.60. The standard InChI is InChI=1S/C18H27N3O2.ClH/c19-11-4-5-12-20-17(22)15-9-6-10-16(13-15)21-18(23)14-7-2-1-3-8-14;/h6,9-10,13-14H,1-5,7-8,11-12,19H2,(H,20,22)(H,21,23);1H. The molecule has 1 fully saturated rings. The van der Waals surface area contributed by atoms with Crippen molar-refractivity contribution in [2.45, 2.75) is 44.9 Å². The number of carbonyl (C=O) groups is 2. The Balaban J connectivity index is 0.00000288. The van der Waals surface area contributed by atoms with E-state index in [1.165, 1.54) is 6.42 Å². The SMILES string of the molecule is Cl.NCCCCNC(=O)c1cccc(NC(=O)C2CCCCC2)c1. The van der Waals surface area contributed by atoms with E-state index in [9.17, 15) is 9.59 Å². The van der Waals surface area contributed by atoms with Gasteiger partial charge in [-0.2, -0.15) is 0 Å². The van der Waals surface area contributed by atoms with Crippen molar-refractivity contribution >= 4 is 29.9 Å². The molecule has 0 atom stereocenters. The highest BCUT2D eigenvalue weighted by atomic mass is 35.5. The average Bonchev–Trinajstić information content (AvgIpc) is 2.59. The molecular weight excluding hydrogens is 326 g/mol. The molecule has 5 nitrogen and oxygen atoms in total. The van der Waals surface area contributed by atoms with Crippen LogP contribution in [0.15, 0.2) is 24.3 Å². The Morgan fingerprint density at radius 2 is 1.88 bits per heavy atom. The molecule has 1 aromatic rings. The predicted molar refractivity (Wildman–Crippen MR) is 99.5 cm³/mol. The number of nitrogens with one attached hydrogen (secondary N) is 2. The van der Waals surface area contributed by atoms with Crippen molar-refractivity contribution in [2.75, 3.05) is 18.4 Å². The van der Waals surface area contributed by atoms with Crippen molar-refractivity contribution in [1.29, 1.82) is 0 Å². The van der Waals surface area contributed by atoms with Gasteiger partial charge >= 0.3 is 0 Å². The number of nitrogens with two attached hydrogens (primary N) is 1. The van der Waals surface area contributed by atoms with Crippen molar-refractivity contribution in [3.63, 3.8) is 0 Å². The molecule has 0 aromatic heterocycles. The number of rotatable bonds is 7. The average molecular weight is 354 g/mol. The Morgan fingerprint density at radius 3 is 2.58 bits per heavy atom. The second-order valence-electron chi connectivity index (χ2n) is 6.16. The first kappa shape index (κ1) is 20.5. The van der Waals surface area contributed by atoms with E-state index in [2.05, 4.69) is 10.6 Å². The topological polar surface area (TPSA) is 84.2 Å². The fraction of sp³-hybridized carbons (Fsp3) is 0.556. The van der Waals surface area contributed by atoms with Crippen LogP contribution in [0.5, 0.6) is 0 Å². The van der Waals surface area contributed by atoms with E-state index in [0.717, 1.165) is 38.5 Å². The fourth-order valence-corrected chi connectivity index (χ4v) is 2.92. The summed E-state index contributed by atoms with van der Waals surface area (Å²) in [5.41, 5.74) is 6.69. The van der Waals surface area contributed by atoms with Crippen LogP contribution in [0.3, 0.4) is 0 Å². The van der Waals surface area contributed by atoms with Gasteiger partial charge in [-0.05, 0) is 50.4 Å². The minimum atomic E-state index is -0.115. The van der Waals surface area contributed by atoms with Gasteiger partial charge in [0, 0.05) is 23.7 Å². The number of benzene rings is 1. The van der Waals surface area contributed by atoms with E-state index >= 15 is 0 Å². The molecule has 0 unspecified atom stereocenters. The van der Waals surface area contributed by atoms with E-state index in [1.54, 1.807) is 18.2 Å². The van der Waals surface area contributed by atoms with E-state index in [1.807, 2.05) is 6.07 Å². The molecule has 1 saturated carbocycles. The summed E-state index contributed by atoms with van der Waals surface area (Å²) < 4.78 is 0. The Hall–Kier alpha value is -1.59. The minimum absolute atomic E-state index is 0. The van der Waals surface area contributed by atoms with Gasteiger partial charge in [-0.1, -0.05) is 25.3 Å². The van der Waals surface area contributed by atoms with Crippen LogP contribution in [0.1, 0.15) is 55.3 Å². The number of hydrogen-bond acceptors (Lipinski definition) is 3. The normalized spacial score (nSPS) is 14.5. The largest absolute Gasteiger partial charge is 0.352 e. The highest BCUT2D eigenvalue weighted by Gasteiger charge is 2.21. The summed E-state index contributed by atoms with van der Waals surface area (Å²) in [6.45, 7) is 1.26. The summed E-state index contributed by atoms with van der Waals surface area (Å²) in [6, 6.07) is 7.12. The van der Waals surface area contributed by atoms with Gasteiger partial charge in [0.25, 0.3) is 5.91 Å². The third-order valence-electron chi connectivity index (χ3n) is 4.28. The second kappa shape index (κ2) is 11.0. The fourth-order valence-electron chi connectivity index (χ4n) is 2.92. The molecule has 0 spiro atoms.